The number of aryl methyl sites for hydroxylation is 1. The van der Waals surface area contributed by atoms with Crippen LogP contribution in [0, 0.1) is 26.7 Å². The highest BCUT2D eigenvalue weighted by Gasteiger charge is 2.18. The van der Waals surface area contributed by atoms with E-state index in [1.807, 2.05) is 0 Å². The van der Waals surface area contributed by atoms with Gasteiger partial charge in [-0.05, 0) is 80.4 Å². The van der Waals surface area contributed by atoms with E-state index in [9.17, 15) is 0 Å². The minimum absolute atomic E-state index is 0.399. The molecular formula is C16H28N2O. The number of methoxy groups -OCH3 is 1. The number of ether oxygens (including phenoxy) is 1. The third-order valence-corrected chi connectivity index (χ3v) is 4.17. The van der Waals surface area contributed by atoms with Gasteiger partial charge in [0.1, 0.15) is 5.75 Å². The van der Waals surface area contributed by atoms with Crippen molar-refractivity contribution in [3.8, 4) is 5.75 Å². The Morgan fingerprint density at radius 1 is 1.11 bits per heavy atom. The molecule has 0 aliphatic heterocycles. The quantitative estimate of drug-likeness (QED) is 0.830. The SMILES string of the molecule is COc1cc(C)c(C(C)CC(CN)CN)c(C)c1C. The Hall–Kier alpha value is -1.06. The summed E-state index contributed by atoms with van der Waals surface area (Å²) < 4.78 is 5.42. The lowest BCUT2D eigenvalue weighted by atomic mass is 9.84. The Labute approximate surface area is 117 Å². The first-order valence-electron chi connectivity index (χ1n) is 7.01. The molecule has 0 saturated heterocycles. The van der Waals surface area contributed by atoms with Crippen molar-refractivity contribution in [3.63, 3.8) is 0 Å². The highest BCUT2D eigenvalue weighted by atomic mass is 16.5. The van der Waals surface area contributed by atoms with Gasteiger partial charge in [0.15, 0.2) is 0 Å². The highest BCUT2D eigenvalue weighted by molar-refractivity contribution is 5.49. The van der Waals surface area contributed by atoms with E-state index in [2.05, 4.69) is 33.8 Å². The molecule has 108 valence electrons. The summed E-state index contributed by atoms with van der Waals surface area (Å²) in [5.41, 5.74) is 16.8. The van der Waals surface area contributed by atoms with Crippen LogP contribution >= 0.6 is 0 Å². The third kappa shape index (κ3) is 3.48. The van der Waals surface area contributed by atoms with Gasteiger partial charge in [0, 0.05) is 0 Å². The van der Waals surface area contributed by atoms with Crippen molar-refractivity contribution in [3.05, 3.63) is 28.3 Å². The highest BCUT2D eigenvalue weighted by Crippen LogP contribution is 2.34. The van der Waals surface area contributed by atoms with Crippen LogP contribution in [0.4, 0.5) is 0 Å². The molecule has 1 unspecified atom stereocenters. The van der Waals surface area contributed by atoms with E-state index in [0.717, 1.165) is 12.2 Å². The van der Waals surface area contributed by atoms with E-state index in [0.29, 0.717) is 24.9 Å². The molecule has 0 bridgehead atoms. The second kappa shape index (κ2) is 6.92. The first kappa shape index (κ1) is 16.0. The zero-order valence-electron chi connectivity index (χ0n) is 12.9. The standard InChI is InChI=1S/C16H28N2O/c1-10(6-14(8-17)9-18)16-11(2)7-15(19-5)12(3)13(16)4/h7,10,14H,6,8-9,17-18H2,1-5H3. The lowest BCUT2D eigenvalue weighted by molar-refractivity contribution is 0.410. The monoisotopic (exact) mass is 264 g/mol. The van der Waals surface area contributed by atoms with Gasteiger partial charge in [-0.25, -0.2) is 0 Å². The summed E-state index contributed by atoms with van der Waals surface area (Å²) in [6, 6.07) is 2.13. The zero-order valence-corrected chi connectivity index (χ0v) is 12.9. The van der Waals surface area contributed by atoms with Crippen molar-refractivity contribution >= 4 is 0 Å². The van der Waals surface area contributed by atoms with Crippen LogP contribution in [0.3, 0.4) is 0 Å². The molecule has 3 heteroatoms. The first-order valence-corrected chi connectivity index (χ1v) is 7.01. The van der Waals surface area contributed by atoms with Gasteiger partial charge in [0.2, 0.25) is 0 Å². The summed E-state index contributed by atoms with van der Waals surface area (Å²) in [5, 5.41) is 0. The van der Waals surface area contributed by atoms with E-state index in [-0.39, 0.29) is 0 Å². The van der Waals surface area contributed by atoms with E-state index in [4.69, 9.17) is 16.2 Å². The van der Waals surface area contributed by atoms with E-state index in [1.165, 1.54) is 22.3 Å². The fourth-order valence-corrected chi connectivity index (χ4v) is 2.94. The number of hydrogen-bond acceptors (Lipinski definition) is 3. The summed E-state index contributed by atoms with van der Waals surface area (Å²) in [6.07, 6.45) is 1.04. The van der Waals surface area contributed by atoms with Gasteiger partial charge in [0.05, 0.1) is 7.11 Å². The molecule has 4 N–H and O–H groups in total. The molecule has 0 heterocycles. The fraction of sp³-hybridized carbons (Fsp3) is 0.625. The Bertz CT molecular complexity index is 425. The molecule has 1 aromatic rings. The molecule has 1 aromatic carbocycles. The van der Waals surface area contributed by atoms with Crippen LogP contribution in [-0.2, 0) is 0 Å². The van der Waals surface area contributed by atoms with Crippen LogP contribution in [0.15, 0.2) is 6.07 Å². The molecule has 0 amide bonds. The lowest BCUT2D eigenvalue weighted by Crippen LogP contribution is -2.25. The van der Waals surface area contributed by atoms with Gasteiger partial charge in [-0.2, -0.15) is 0 Å². The van der Waals surface area contributed by atoms with E-state index < -0.39 is 0 Å². The Morgan fingerprint density at radius 2 is 1.68 bits per heavy atom. The van der Waals surface area contributed by atoms with Crippen LogP contribution in [0.2, 0.25) is 0 Å². The summed E-state index contributed by atoms with van der Waals surface area (Å²) in [4.78, 5) is 0. The normalized spacial score (nSPS) is 12.8. The zero-order chi connectivity index (χ0) is 14.6. The predicted molar refractivity (Wildman–Crippen MR) is 81.8 cm³/mol. The summed E-state index contributed by atoms with van der Waals surface area (Å²) >= 11 is 0. The number of hydrogen-bond donors (Lipinski definition) is 2. The topological polar surface area (TPSA) is 61.3 Å². The number of nitrogens with two attached hydrogens (primary N) is 2. The summed E-state index contributed by atoms with van der Waals surface area (Å²) in [6.45, 7) is 10.0. The Kier molecular flexibility index (Phi) is 5.83. The molecule has 0 saturated carbocycles. The molecule has 19 heavy (non-hydrogen) atoms. The van der Waals surface area contributed by atoms with Crippen LogP contribution in [-0.4, -0.2) is 20.2 Å². The molecule has 1 atom stereocenters. The Morgan fingerprint density at radius 3 is 2.16 bits per heavy atom. The average molecular weight is 264 g/mol. The van der Waals surface area contributed by atoms with Crippen LogP contribution < -0.4 is 16.2 Å². The second-order valence-electron chi connectivity index (χ2n) is 5.53. The number of benzene rings is 1. The molecule has 3 nitrogen and oxygen atoms in total. The Balaban J connectivity index is 3.09. The van der Waals surface area contributed by atoms with Crippen molar-refractivity contribution in [1.82, 2.24) is 0 Å². The number of rotatable bonds is 6. The van der Waals surface area contributed by atoms with E-state index in [1.54, 1.807) is 7.11 Å². The van der Waals surface area contributed by atoms with Crippen LogP contribution in [0.5, 0.6) is 5.75 Å². The molecule has 0 fully saturated rings. The van der Waals surface area contributed by atoms with Crippen molar-refractivity contribution in [2.75, 3.05) is 20.2 Å². The third-order valence-electron chi connectivity index (χ3n) is 4.17. The maximum atomic E-state index is 5.76. The van der Waals surface area contributed by atoms with Crippen molar-refractivity contribution in [2.24, 2.45) is 17.4 Å². The molecule has 0 spiro atoms. The molecule has 0 aromatic heterocycles. The van der Waals surface area contributed by atoms with Gasteiger partial charge < -0.3 is 16.2 Å². The smallest absolute Gasteiger partial charge is 0.122 e. The van der Waals surface area contributed by atoms with Gasteiger partial charge >= 0.3 is 0 Å². The van der Waals surface area contributed by atoms with E-state index >= 15 is 0 Å². The molecule has 0 radical (unpaired) electrons. The average Bonchev–Trinajstić information content (AvgIpc) is 2.40. The van der Waals surface area contributed by atoms with Crippen LogP contribution in [0.1, 0.15) is 41.5 Å². The first-order chi connectivity index (χ1) is 8.96. The minimum Gasteiger partial charge on any atom is -0.496 e. The van der Waals surface area contributed by atoms with Crippen molar-refractivity contribution in [2.45, 2.75) is 40.0 Å². The molecule has 0 aliphatic rings. The predicted octanol–water partition coefficient (Wildman–Crippen LogP) is 2.65. The summed E-state index contributed by atoms with van der Waals surface area (Å²) in [7, 11) is 1.73. The second-order valence-corrected chi connectivity index (χ2v) is 5.53. The van der Waals surface area contributed by atoms with Gasteiger partial charge in [-0.15, -0.1) is 0 Å². The summed E-state index contributed by atoms with van der Waals surface area (Å²) in [5.74, 6) is 1.85. The van der Waals surface area contributed by atoms with Crippen molar-refractivity contribution < 1.29 is 4.74 Å². The molecule has 1 rings (SSSR count). The largest absolute Gasteiger partial charge is 0.496 e. The fourth-order valence-electron chi connectivity index (χ4n) is 2.94. The van der Waals surface area contributed by atoms with Crippen molar-refractivity contribution in [1.29, 1.82) is 0 Å². The van der Waals surface area contributed by atoms with Gasteiger partial charge in [-0.3, -0.25) is 0 Å². The molecule has 0 aliphatic carbocycles. The maximum Gasteiger partial charge on any atom is 0.122 e. The molecular weight excluding hydrogens is 236 g/mol. The maximum absolute atomic E-state index is 5.76. The van der Waals surface area contributed by atoms with Gasteiger partial charge in [0.25, 0.3) is 0 Å². The minimum atomic E-state index is 0.399. The van der Waals surface area contributed by atoms with Crippen LogP contribution in [0.25, 0.3) is 0 Å². The van der Waals surface area contributed by atoms with Gasteiger partial charge in [-0.1, -0.05) is 6.92 Å². The lowest BCUT2D eigenvalue weighted by Gasteiger charge is -2.24.